The number of rotatable bonds is 4. The van der Waals surface area contributed by atoms with Crippen LogP contribution in [-0.4, -0.2) is 30.3 Å². The summed E-state index contributed by atoms with van der Waals surface area (Å²) in [4.78, 5) is 4.89. The summed E-state index contributed by atoms with van der Waals surface area (Å²) in [5.74, 6) is 0. The number of hydrogen-bond donors (Lipinski definition) is 0. The van der Waals surface area contributed by atoms with Crippen molar-refractivity contribution in [3.05, 3.63) is 11.3 Å². The maximum Gasteiger partial charge on any atom is 0.155 e. The highest BCUT2D eigenvalue weighted by atomic mass is 32.2. The Morgan fingerprint density at radius 3 is 2.84 bits per heavy atom. The molecule has 0 spiro atoms. The Bertz CT molecular complexity index is 365. The normalized spacial score (nSPS) is 25.6. The molecule has 2 aliphatic rings. The average Bonchev–Trinajstić information content (AvgIpc) is 2.59. The van der Waals surface area contributed by atoms with Crippen molar-refractivity contribution in [3.63, 3.8) is 0 Å². The number of ether oxygens (including phenoxy) is 2. The third-order valence-electron chi connectivity index (χ3n) is 3.75. The molecule has 0 aromatic rings. The van der Waals surface area contributed by atoms with Crippen LogP contribution in [0, 0.1) is 0 Å². The van der Waals surface area contributed by atoms with Crippen molar-refractivity contribution < 1.29 is 9.47 Å². The van der Waals surface area contributed by atoms with E-state index in [0.29, 0.717) is 6.61 Å². The number of allylic oxidation sites excluding steroid dienone is 2. The Labute approximate surface area is 120 Å². The lowest BCUT2D eigenvalue weighted by molar-refractivity contribution is -0.141. The van der Waals surface area contributed by atoms with Crippen LogP contribution in [0.5, 0.6) is 0 Å². The fourth-order valence-corrected chi connectivity index (χ4v) is 3.44. The molecular weight excluding hydrogens is 258 g/mol. The van der Waals surface area contributed by atoms with Gasteiger partial charge in [0, 0.05) is 12.3 Å². The molecule has 1 aliphatic heterocycles. The van der Waals surface area contributed by atoms with Gasteiger partial charge in [-0.25, -0.2) is 4.99 Å². The zero-order chi connectivity index (χ0) is 13.7. The molecule has 1 heterocycles. The van der Waals surface area contributed by atoms with Gasteiger partial charge in [0.05, 0.1) is 0 Å². The van der Waals surface area contributed by atoms with Crippen molar-refractivity contribution in [2.45, 2.75) is 64.8 Å². The fraction of sp³-hybridized carbons (Fsp3) is 0.800. The van der Waals surface area contributed by atoms with Crippen LogP contribution in [0.4, 0.5) is 0 Å². The smallest absolute Gasteiger partial charge is 0.155 e. The maximum absolute atomic E-state index is 6.02. The maximum atomic E-state index is 6.02. The molecule has 0 saturated heterocycles. The van der Waals surface area contributed by atoms with Crippen molar-refractivity contribution in [1.29, 1.82) is 0 Å². The molecule has 3 nitrogen and oxygen atoms in total. The first-order chi connectivity index (χ1) is 9.24. The van der Waals surface area contributed by atoms with Crippen LogP contribution in [-0.2, 0) is 9.47 Å². The second kappa shape index (κ2) is 7.46. The number of nitrogens with zero attached hydrogens (tertiary/aromatic N) is 1. The molecular formula is C15H25NO2S. The van der Waals surface area contributed by atoms with Gasteiger partial charge in [0.1, 0.15) is 11.1 Å². The summed E-state index contributed by atoms with van der Waals surface area (Å²) < 4.78 is 11.5. The minimum atomic E-state index is -0.150. The van der Waals surface area contributed by atoms with Crippen LogP contribution in [0.15, 0.2) is 16.3 Å². The molecule has 0 radical (unpaired) electrons. The van der Waals surface area contributed by atoms with E-state index >= 15 is 0 Å². The Hall–Kier alpha value is -0.320. The Kier molecular flexibility index (Phi) is 5.92. The Balaban J connectivity index is 2.07. The van der Waals surface area contributed by atoms with Crippen LogP contribution < -0.4 is 0 Å². The first-order valence-electron chi connectivity index (χ1n) is 7.35. The van der Waals surface area contributed by atoms with Crippen molar-refractivity contribution in [2.75, 3.05) is 12.9 Å². The minimum absolute atomic E-state index is 0.0992. The standard InChI is InChI=1S/C15H25NO2S/c1-4-17-11(2)18-14-10-9-12-7-5-6-8-13(12)16-15(14)19-3/h11,14H,4-10H2,1-3H3. The second-order valence-electron chi connectivity index (χ2n) is 5.10. The van der Waals surface area contributed by atoms with Gasteiger partial charge in [-0.3, -0.25) is 0 Å². The van der Waals surface area contributed by atoms with Crippen molar-refractivity contribution in [2.24, 2.45) is 4.99 Å². The van der Waals surface area contributed by atoms with E-state index in [1.54, 1.807) is 17.3 Å². The molecule has 0 fully saturated rings. The van der Waals surface area contributed by atoms with Crippen LogP contribution in [0.25, 0.3) is 0 Å². The molecule has 0 saturated carbocycles. The molecule has 19 heavy (non-hydrogen) atoms. The summed E-state index contributed by atoms with van der Waals surface area (Å²) in [6.07, 6.45) is 9.19. The third-order valence-corrected chi connectivity index (χ3v) is 4.52. The largest absolute Gasteiger partial charge is 0.353 e. The molecule has 2 atom stereocenters. The predicted octanol–water partition coefficient (Wildman–Crippen LogP) is 4.14. The van der Waals surface area contributed by atoms with E-state index in [1.165, 1.54) is 25.0 Å². The molecule has 0 aromatic heterocycles. The van der Waals surface area contributed by atoms with Gasteiger partial charge in [-0.05, 0) is 64.2 Å². The first-order valence-corrected chi connectivity index (χ1v) is 8.57. The van der Waals surface area contributed by atoms with Crippen LogP contribution in [0.1, 0.15) is 52.4 Å². The Morgan fingerprint density at radius 2 is 2.11 bits per heavy atom. The molecule has 0 amide bonds. The van der Waals surface area contributed by atoms with Gasteiger partial charge in [0.15, 0.2) is 6.29 Å². The SMILES string of the molecule is CCOC(C)OC1CCC2=C(CCCC2)N=C1SC. The van der Waals surface area contributed by atoms with E-state index in [4.69, 9.17) is 14.5 Å². The zero-order valence-electron chi connectivity index (χ0n) is 12.3. The molecule has 0 N–H and O–H groups in total. The topological polar surface area (TPSA) is 30.8 Å². The second-order valence-corrected chi connectivity index (χ2v) is 5.92. The molecule has 0 bridgehead atoms. The molecule has 0 aromatic carbocycles. The first kappa shape index (κ1) is 15.1. The van der Waals surface area contributed by atoms with Crippen molar-refractivity contribution in [3.8, 4) is 0 Å². The van der Waals surface area contributed by atoms with Gasteiger partial charge < -0.3 is 9.47 Å². The van der Waals surface area contributed by atoms with Gasteiger partial charge in [0.25, 0.3) is 0 Å². The third kappa shape index (κ3) is 4.07. The molecule has 2 unspecified atom stereocenters. The van der Waals surface area contributed by atoms with Crippen LogP contribution >= 0.6 is 11.8 Å². The van der Waals surface area contributed by atoms with E-state index in [2.05, 4.69) is 6.26 Å². The van der Waals surface area contributed by atoms with Crippen molar-refractivity contribution >= 4 is 16.8 Å². The van der Waals surface area contributed by atoms with Gasteiger partial charge in [0.2, 0.25) is 0 Å². The highest BCUT2D eigenvalue weighted by Gasteiger charge is 2.25. The van der Waals surface area contributed by atoms with Crippen LogP contribution in [0.2, 0.25) is 0 Å². The Morgan fingerprint density at radius 1 is 1.32 bits per heavy atom. The fourth-order valence-electron chi connectivity index (χ4n) is 2.80. The average molecular weight is 283 g/mol. The summed E-state index contributed by atoms with van der Waals surface area (Å²) in [5.41, 5.74) is 2.90. The number of hydrogen-bond acceptors (Lipinski definition) is 4. The highest BCUT2D eigenvalue weighted by Crippen LogP contribution is 2.33. The van der Waals surface area contributed by atoms with E-state index in [9.17, 15) is 0 Å². The lowest BCUT2D eigenvalue weighted by Gasteiger charge is -2.22. The quantitative estimate of drug-likeness (QED) is 0.727. The monoisotopic (exact) mass is 283 g/mol. The molecule has 4 heteroatoms. The zero-order valence-corrected chi connectivity index (χ0v) is 13.1. The van der Waals surface area contributed by atoms with Gasteiger partial charge >= 0.3 is 0 Å². The summed E-state index contributed by atoms with van der Waals surface area (Å²) in [6, 6.07) is 0. The van der Waals surface area contributed by atoms with E-state index in [1.807, 2.05) is 13.8 Å². The molecule has 2 rings (SSSR count). The molecule has 1 aliphatic carbocycles. The van der Waals surface area contributed by atoms with Gasteiger partial charge in [-0.1, -0.05) is 0 Å². The van der Waals surface area contributed by atoms with Crippen molar-refractivity contribution in [1.82, 2.24) is 0 Å². The number of aliphatic imine (C=N–C) groups is 1. The summed E-state index contributed by atoms with van der Waals surface area (Å²) >= 11 is 1.72. The summed E-state index contributed by atoms with van der Waals surface area (Å²) in [5, 5.41) is 1.12. The highest BCUT2D eigenvalue weighted by molar-refractivity contribution is 8.13. The molecule has 108 valence electrons. The van der Waals surface area contributed by atoms with Crippen LogP contribution in [0.3, 0.4) is 0 Å². The van der Waals surface area contributed by atoms with E-state index in [-0.39, 0.29) is 12.4 Å². The predicted molar refractivity (Wildman–Crippen MR) is 81.6 cm³/mol. The van der Waals surface area contributed by atoms with E-state index in [0.717, 1.165) is 24.3 Å². The minimum Gasteiger partial charge on any atom is -0.353 e. The van der Waals surface area contributed by atoms with Gasteiger partial charge in [-0.2, -0.15) is 0 Å². The lowest BCUT2D eigenvalue weighted by Crippen LogP contribution is -2.27. The summed E-state index contributed by atoms with van der Waals surface area (Å²) in [6.45, 7) is 4.66. The lowest BCUT2D eigenvalue weighted by atomic mass is 9.93. The summed E-state index contributed by atoms with van der Waals surface area (Å²) in [7, 11) is 0. The van der Waals surface area contributed by atoms with E-state index < -0.39 is 0 Å². The van der Waals surface area contributed by atoms with Gasteiger partial charge in [-0.15, -0.1) is 11.8 Å². The number of thioether (sulfide) groups is 1.